The lowest BCUT2D eigenvalue weighted by molar-refractivity contribution is 0.196. The minimum atomic E-state index is -3.42. The topological polar surface area (TPSA) is 40.6 Å². The molecule has 1 aromatic rings. The van der Waals surface area contributed by atoms with Gasteiger partial charge in [-0.2, -0.15) is 4.31 Å². The Morgan fingerprint density at radius 3 is 2.20 bits per heavy atom. The van der Waals surface area contributed by atoms with Crippen LogP contribution in [0.15, 0.2) is 23.1 Å². The van der Waals surface area contributed by atoms with Gasteiger partial charge in [0, 0.05) is 19.1 Å². The summed E-state index contributed by atoms with van der Waals surface area (Å²) in [4.78, 5) is 2.71. The average Bonchev–Trinajstić information content (AvgIpc) is 2.54. The summed E-state index contributed by atoms with van der Waals surface area (Å²) < 4.78 is 28.2. The maximum absolute atomic E-state index is 13.3. The first kappa shape index (κ1) is 20.4. The molecule has 0 bridgehead atoms. The zero-order valence-electron chi connectivity index (χ0n) is 16.6. The lowest BCUT2D eigenvalue weighted by atomic mass is 9.96. The fraction of sp³-hybridized carbons (Fsp3) is 0.700. The summed E-state index contributed by atoms with van der Waals surface area (Å²) in [6.45, 7) is 9.79. The maximum Gasteiger partial charge on any atom is 0.243 e. The van der Waals surface area contributed by atoms with E-state index >= 15 is 0 Å². The van der Waals surface area contributed by atoms with E-state index in [2.05, 4.69) is 52.8 Å². The maximum atomic E-state index is 13.3. The lowest BCUT2D eigenvalue weighted by Crippen LogP contribution is -2.44. The molecule has 1 aliphatic heterocycles. The first-order chi connectivity index (χ1) is 11.6. The summed E-state index contributed by atoms with van der Waals surface area (Å²) in [7, 11) is 0.724. The van der Waals surface area contributed by atoms with Gasteiger partial charge in [-0.15, -0.1) is 0 Å². The van der Waals surface area contributed by atoms with E-state index in [1.54, 1.807) is 4.31 Å². The van der Waals surface area contributed by atoms with Gasteiger partial charge >= 0.3 is 0 Å². The van der Waals surface area contributed by atoms with E-state index in [4.69, 9.17) is 0 Å². The zero-order valence-corrected chi connectivity index (χ0v) is 17.4. The van der Waals surface area contributed by atoms with Gasteiger partial charge in [-0.25, -0.2) is 8.42 Å². The monoisotopic (exact) mass is 366 g/mol. The Hall–Kier alpha value is -0.910. The molecule has 2 rings (SSSR count). The van der Waals surface area contributed by atoms with Crippen molar-refractivity contribution in [1.29, 1.82) is 0 Å². The molecule has 0 N–H and O–H groups in total. The number of piperidine rings is 1. The van der Waals surface area contributed by atoms with Gasteiger partial charge in [0.15, 0.2) is 0 Å². The van der Waals surface area contributed by atoms with Crippen molar-refractivity contribution in [2.45, 2.75) is 63.8 Å². The standard InChI is InChI=1S/C20H34N2O2S/c1-15(2)13-18-14-17(16(3)4)7-8-20(18)25(23,24)22-11-9-19(10-12-22)21(5)6/h7-8,14-16,19H,9-13H2,1-6H3. The predicted molar refractivity (Wildman–Crippen MR) is 105 cm³/mol. The SMILES string of the molecule is CC(C)Cc1cc(C(C)C)ccc1S(=O)(=O)N1CCC(N(C)C)CC1. The summed E-state index contributed by atoms with van der Waals surface area (Å²) in [5.41, 5.74) is 2.18. The van der Waals surface area contributed by atoms with E-state index in [1.165, 1.54) is 5.56 Å². The van der Waals surface area contributed by atoms with Gasteiger partial charge in [0.1, 0.15) is 0 Å². The van der Waals surface area contributed by atoms with Gasteiger partial charge < -0.3 is 4.90 Å². The van der Waals surface area contributed by atoms with Crippen LogP contribution in [-0.2, 0) is 16.4 Å². The van der Waals surface area contributed by atoms with Crippen molar-refractivity contribution in [3.8, 4) is 0 Å². The highest BCUT2D eigenvalue weighted by molar-refractivity contribution is 7.89. The second-order valence-electron chi connectivity index (χ2n) is 8.22. The fourth-order valence-electron chi connectivity index (χ4n) is 3.55. The van der Waals surface area contributed by atoms with E-state index in [9.17, 15) is 8.42 Å². The molecule has 1 saturated heterocycles. The van der Waals surface area contributed by atoms with Crippen LogP contribution in [0.5, 0.6) is 0 Å². The van der Waals surface area contributed by atoms with Crippen molar-refractivity contribution in [2.75, 3.05) is 27.2 Å². The van der Waals surface area contributed by atoms with Crippen LogP contribution in [0, 0.1) is 5.92 Å². The van der Waals surface area contributed by atoms with Crippen LogP contribution < -0.4 is 0 Å². The summed E-state index contributed by atoms with van der Waals surface area (Å²) in [5, 5.41) is 0. The van der Waals surface area contributed by atoms with E-state index in [1.807, 2.05) is 12.1 Å². The van der Waals surface area contributed by atoms with E-state index < -0.39 is 10.0 Å². The molecule has 0 unspecified atom stereocenters. The second-order valence-corrected chi connectivity index (χ2v) is 10.1. The van der Waals surface area contributed by atoms with Crippen molar-refractivity contribution in [3.05, 3.63) is 29.3 Å². The minimum absolute atomic E-state index is 0.401. The number of rotatable bonds is 6. The summed E-state index contributed by atoms with van der Waals surface area (Å²) in [6, 6.07) is 6.39. The number of hydrogen-bond acceptors (Lipinski definition) is 3. The highest BCUT2D eigenvalue weighted by Gasteiger charge is 2.31. The third-order valence-electron chi connectivity index (χ3n) is 5.15. The highest BCUT2D eigenvalue weighted by Crippen LogP contribution is 2.29. The average molecular weight is 367 g/mol. The molecule has 0 spiro atoms. The van der Waals surface area contributed by atoms with Crippen LogP contribution in [0.4, 0.5) is 0 Å². The molecule has 0 atom stereocenters. The van der Waals surface area contributed by atoms with Crippen LogP contribution in [0.1, 0.15) is 57.6 Å². The van der Waals surface area contributed by atoms with Crippen molar-refractivity contribution in [1.82, 2.24) is 9.21 Å². The van der Waals surface area contributed by atoms with Gasteiger partial charge in [0.05, 0.1) is 4.90 Å². The van der Waals surface area contributed by atoms with Gasteiger partial charge in [-0.1, -0.05) is 39.8 Å². The Morgan fingerprint density at radius 1 is 1.12 bits per heavy atom. The van der Waals surface area contributed by atoms with Crippen molar-refractivity contribution >= 4 is 10.0 Å². The minimum Gasteiger partial charge on any atom is -0.306 e. The Bertz CT molecular complexity index is 673. The van der Waals surface area contributed by atoms with Crippen LogP contribution in [-0.4, -0.2) is 50.8 Å². The largest absolute Gasteiger partial charge is 0.306 e. The zero-order chi connectivity index (χ0) is 18.8. The normalized spacial score (nSPS) is 17.8. The molecule has 25 heavy (non-hydrogen) atoms. The first-order valence-corrected chi connectivity index (χ1v) is 10.9. The van der Waals surface area contributed by atoms with Gasteiger partial charge in [-0.05, 0) is 62.4 Å². The Morgan fingerprint density at radius 2 is 1.72 bits per heavy atom. The van der Waals surface area contributed by atoms with Gasteiger partial charge in [-0.3, -0.25) is 0 Å². The molecule has 1 aliphatic rings. The predicted octanol–water partition coefficient (Wildman–Crippen LogP) is 3.72. The number of hydrogen-bond donors (Lipinski definition) is 0. The molecule has 0 amide bonds. The van der Waals surface area contributed by atoms with Crippen LogP contribution in [0.25, 0.3) is 0 Å². The van der Waals surface area contributed by atoms with Crippen LogP contribution in [0.2, 0.25) is 0 Å². The summed E-state index contributed by atoms with van der Waals surface area (Å²) >= 11 is 0. The molecule has 1 fully saturated rings. The third kappa shape index (κ3) is 4.83. The quantitative estimate of drug-likeness (QED) is 0.770. The number of nitrogens with zero attached hydrogens (tertiary/aromatic N) is 2. The molecule has 0 radical (unpaired) electrons. The number of benzene rings is 1. The van der Waals surface area contributed by atoms with E-state index in [0.29, 0.717) is 35.9 Å². The molecule has 1 aromatic carbocycles. The summed E-state index contributed by atoms with van der Waals surface area (Å²) in [5.74, 6) is 0.828. The van der Waals surface area contributed by atoms with Gasteiger partial charge in [0.25, 0.3) is 0 Å². The lowest BCUT2D eigenvalue weighted by Gasteiger charge is -2.34. The molecule has 5 heteroatoms. The Kier molecular flexibility index (Phi) is 6.68. The van der Waals surface area contributed by atoms with Gasteiger partial charge in [0.2, 0.25) is 10.0 Å². The molecular formula is C20H34N2O2S. The molecule has 0 aliphatic carbocycles. The summed E-state index contributed by atoms with van der Waals surface area (Å²) in [6.07, 6.45) is 2.59. The molecule has 142 valence electrons. The van der Waals surface area contributed by atoms with Crippen molar-refractivity contribution in [2.24, 2.45) is 5.92 Å². The smallest absolute Gasteiger partial charge is 0.243 e. The van der Waals surface area contributed by atoms with Crippen LogP contribution >= 0.6 is 0 Å². The Balaban J connectivity index is 2.32. The van der Waals surface area contributed by atoms with Crippen molar-refractivity contribution < 1.29 is 8.42 Å². The molecule has 4 nitrogen and oxygen atoms in total. The van der Waals surface area contributed by atoms with E-state index in [-0.39, 0.29) is 0 Å². The molecular weight excluding hydrogens is 332 g/mol. The third-order valence-corrected chi connectivity index (χ3v) is 7.15. The molecule has 0 aromatic heterocycles. The Labute approximate surface area is 154 Å². The fourth-order valence-corrected chi connectivity index (χ4v) is 5.23. The second kappa shape index (κ2) is 8.19. The molecule has 1 heterocycles. The first-order valence-electron chi connectivity index (χ1n) is 9.42. The highest BCUT2D eigenvalue weighted by atomic mass is 32.2. The van der Waals surface area contributed by atoms with Crippen molar-refractivity contribution in [3.63, 3.8) is 0 Å². The van der Waals surface area contributed by atoms with Crippen LogP contribution in [0.3, 0.4) is 0 Å². The number of sulfonamides is 1. The molecule has 0 saturated carbocycles. The van der Waals surface area contributed by atoms with E-state index in [0.717, 1.165) is 24.8 Å².